The van der Waals surface area contributed by atoms with E-state index in [9.17, 15) is 14.7 Å². The summed E-state index contributed by atoms with van der Waals surface area (Å²) in [6.07, 6.45) is 2.51. The van der Waals surface area contributed by atoms with Crippen LogP contribution in [0.3, 0.4) is 0 Å². The zero-order valence-electron chi connectivity index (χ0n) is 12.9. The SMILES string of the molecule is CC(=O)Cc1nc2c(s1)C(=O)C(=C(O)c1ccc(C#N)nc1)CC2. The molecule has 24 heavy (non-hydrogen) atoms. The number of fused-ring (bicyclic) bond motifs is 1. The van der Waals surface area contributed by atoms with E-state index in [1.54, 1.807) is 6.07 Å². The molecule has 2 aromatic rings. The van der Waals surface area contributed by atoms with Gasteiger partial charge in [-0.3, -0.25) is 9.59 Å². The molecule has 0 fully saturated rings. The molecule has 0 unspecified atom stereocenters. The number of carbonyl (C=O) groups excluding carboxylic acids is 2. The molecule has 0 bridgehead atoms. The number of pyridine rings is 1. The van der Waals surface area contributed by atoms with Crippen LogP contribution in [0.1, 0.15) is 45.0 Å². The normalized spacial score (nSPS) is 15.6. The van der Waals surface area contributed by atoms with Crippen LogP contribution >= 0.6 is 11.3 Å². The quantitative estimate of drug-likeness (QED) is 0.681. The van der Waals surface area contributed by atoms with Crippen LogP contribution in [0.15, 0.2) is 23.9 Å². The van der Waals surface area contributed by atoms with E-state index in [0.29, 0.717) is 39.6 Å². The summed E-state index contributed by atoms with van der Waals surface area (Å²) in [7, 11) is 0. The first-order valence-corrected chi connectivity index (χ1v) is 8.12. The van der Waals surface area contributed by atoms with Gasteiger partial charge in [0, 0.05) is 17.3 Å². The van der Waals surface area contributed by atoms with Gasteiger partial charge in [0.05, 0.1) is 17.0 Å². The molecular weight excluding hydrogens is 326 g/mol. The molecule has 1 aliphatic rings. The summed E-state index contributed by atoms with van der Waals surface area (Å²) in [6, 6.07) is 4.95. The lowest BCUT2D eigenvalue weighted by atomic mass is 9.93. The Morgan fingerprint density at radius 3 is 2.83 bits per heavy atom. The van der Waals surface area contributed by atoms with Crippen LogP contribution in [0.5, 0.6) is 0 Å². The molecule has 0 spiro atoms. The number of carbonyl (C=O) groups is 2. The third kappa shape index (κ3) is 2.96. The second-order valence-corrected chi connectivity index (χ2v) is 6.55. The highest BCUT2D eigenvalue weighted by Crippen LogP contribution is 2.33. The largest absolute Gasteiger partial charge is 0.507 e. The van der Waals surface area contributed by atoms with Gasteiger partial charge in [-0.25, -0.2) is 9.97 Å². The Balaban J connectivity index is 1.95. The second kappa shape index (κ2) is 6.34. The molecule has 120 valence electrons. The van der Waals surface area contributed by atoms with E-state index in [0.717, 1.165) is 0 Å². The van der Waals surface area contributed by atoms with E-state index < -0.39 is 0 Å². The number of aromatic nitrogens is 2. The molecule has 1 aliphatic carbocycles. The van der Waals surface area contributed by atoms with Crippen molar-refractivity contribution in [3.05, 3.63) is 50.7 Å². The lowest BCUT2D eigenvalue weighted by molar-refractivity contribution is -0.116. The van der Waals surface area contributed by atoms with Crippen LogP contribution in [0.4, 0.5) is 0 Å². The van der Waals surface area contributed by atoms with Gasteiger partial charge in [0.1, 0.15) is 28.3 Å². The van der Waals surface area contributed by atoms with Crippen LogP contribution in [-0.2, 0) is 17.6 Å². The number of rotatable bonds is 3. The number of ketones is 2. The van der Waals surface area contributed by atoms with E-state index in [1.807, 2.05) is 6.07 Å². The first-order valence-electron chi connectivity index (χ1n) is 7.31. The van der Waals surface area contributed by atoms with Crippen molar-refractivity contribution < 1.29 is 14.7 Å². The number of hydrogen-bond donors (Lipinski definition) is 1. The van der Waals surface area contributed by atoms with Crippen LogP contribution in [0.2, 0.25) is 0 Å². The predicted octanol–water partition coefficient (Wildman–Crippen LogP) is 2.64. The summed E-state index contributed by atoms with van der Waals surface area (Å²) in [5.74, 6) is -0.384. The number of aryl methyl sites for hydroxylation is 1. The molecular formula is C17H13N3O3S. The Kier molecular flexibility index (Phi) is 4.23. The molecule has 6 nitrogen and oxygen atoms in total. The summed E-state index contributed by atoms with van der Waals surface area (Å²) >= 11 is 1.21. The molecule has 0 radical (unpaired) electrons. The van der Waals surface area contributed by atoms with Crippen LogP contribution < -0.4 is 0 Å². The molecule has 3 rings (SSSR count). The number of hydrogen-bond acceptors (Lipinski definition) is 7. The van der Waals surface area contributed by atoms with E-state index in [-0.39, 0.29) is 29.4 Å². The standard InChI is InChI=1S/C17H13N3O3S/c1-9(21)6-14-20-13-5-4-12(16(23)17(13)24-14)15(22)10-2-3-11(7-18)19-8-10/h2-3,8,22H,4-6H2,1H3. The molecule has 0 amide bonds. The summed E-state index contributed by atoms with van der Waals surface area (Å²) in [6.45, 7) is 1.48. The highest BCUT2D eigenvalue weighted by atomic mass is 32.1. The van der Waals surface area contributed by atoms with E-state index in [1.165, 1.54) is 30.5 Å². The van der Waals surface area contributed by atoms with Crippen molar-refractivity contribution in [1.29, 1.82) is 5.26 Å². The lowest BCUT2D eigenvalue weighted by Gasteiger charge is -2.14. The first-order chi connectivity index (χ1) is 11.5. The fraction of sp³-hybridized carbons (Fsp3) is 0.235. The number of nitriles is 1. The van der Waals surface area contributed by atoms with Gasteiger partial charge in [-0.1, -0.05) is 0 Å². The van der Waals surface area contributed by atoms with Gasteiger partial charge >= 0.3 is 0 Å². The third-order valence-electron chi connectivity index (χ3n) is 3.67. The van der Waals surface area contributed by atoms with Crippen molar-refractivity contribution >= 4 is 28.7 Å². The molecule has 7 heteroatoms. The number of allylic oxidation sites excluding steroid dienone is 1. The molecule has 2 heterocycles. The molecule has 0 aliphatic heterocycles. The maximum absolute atomic E-state index is 12.6. The number of Topliss-reactive ketones (excluding diaryl/α,β-unsaturated/α-hetero) is 2. The van der Waals surface area contributed by atoms with Gasteiger partial charge in [0.25, 0.3) is 0 Å². The van der Waals surface area contributed by atoms with Gasteiger partial charge < -0.3 is 5.11 Å². The maximum Gasteiger partial charge on any atom is 0.204 e. The molecule has 0 atom stereocenters. The molecule has 0 aromatic carbocycles. The van der Waals surface area contributed by atoms with Crippen molar-refractivity contribution in [2.24, 2.45) is 0 Å². The highest BCUT2D eigenvalue weighted by molar-refractivity contribution is 7.14. The summed E-state index contributed by atoms with van der Waals surface area (Å²) in [5, 5.41) is 19.8. The fourth-order valence-corrected chi connectivity index (χ4v) is 3.68. The van der Waals surface area contributed by atoms with E-state index in [2.05, 4.69) is 9.97 Å². The van der Waals surface area contributed by atoms with Crippen molar-refractivity contribution in [1.82, 2.24) is 9.97 Å². The number of thiazole rings is 1. The molecule has 1 N–H and O–H groups in total. The van der Waals surface area contributed by atoms with Crippen LogP contribution in [0, 0.1) is 11.3 Å². The van der Waals surface area contributed by atoms with Gasteiger partial charge in [-0.15, -0.1) is 11.3 Å². The number of aliphatic hydroxyl groups is 1. The molecule has 2 aromatic heterocycles. The van der Waals surface area contributed by atoms with Crippen molar-refractivity contribution in [2.75, 3.05) is 0 Å². The van der Waals surface area contributed by atoms with Gasteiger partial charge in [0.15, 0.2) is 0 Å². The van der Waals surface area contributed by atoms with Gasteiger partial charge in [-0.05, 0) is 31.9 Å². The minimum Gasteiger partial charge on any atom is -0.507 e. The first kappa shape index (κ1) is 16.0. The summed E-state index contributed by atoms with van der Waals surface area (Å²) in [5.41, 5.74) is 1.64. The van der Waals surface area contributed by atoms with Crippen LogP contribution in [-0.4, -0.2) is 26.6 Å². The molecule has 0 saturated carbocycles. The monoisotopic (exact) mass is 339 g/mol. The summed E-state index contributed by atoms with van der Waals surface area (Å²) < 4.78 is 0. The minimum atomic E-state index is -0.259. The Labute approximate surface area is 142 Å². The number of aliphatic hydroxyl groups excluding tert-OH is 1. The fourth-order valence-electron chi connectivity index (χ4n) is 2.53. The van der Waals surface area contributed by atoms with Crippen molar-refractivity contribution in [3.8, 4) is 6.07 Å². The zero-order chi connectivity index (χ0) is 17.3. The van der Waals surface area contributed by atoms with Gasteiger partial charge in [-0.2, -0.15) is 5.26 Å². The van der Waals surface area contributed by atoms with E-state index in [4.69, 9.17) is 5.26 Å². The van der Waals surface area contributed by atoms with E-state index >= 15 is 0 Å². The molecule has 0 saturated heterocycles. The second-order valence-electron chi connectivity index (χ2n) is 5.46. The maximum atomic E-state index is 12.6. The average Bonchev–Trinajstić information content (AvgIpc) is 2.97. The highest BCUT2D eigenvalue weighted by Gasteiger charge is 2.29. The third-order valence-corrected chi connectivity index (χ3v) is 4.77. The van der Waals surface area contributed by atoms with Gasteiger partial charge in [0.2, 0.25) is 5.78 Å². The lowest BCUT2D eigenvalue weighted by Crippen LogP contribution is -2.14. The zero-order valence-corrected chi connectivity index (χ0v) is 13.7. The Morgan fingerprint density at radius 1 is 1.42 bits per heavy atom. The van der Waals surface area contributed by atoms with Crippen molar-refractivity contribution in [3.63, 3.8) is 0 Å². The Bertz CT molecular complexity index is 904. The smallest absolute Gasteiger partial charge is 0.204 e. The summed E-state index contributed by atoms with van der Waals surface area (Å²) in [4.78, 5) is 32.6. The Hall–Kier alpha value is -2.85. The van der Waals surface area contributed by atoms with Crippen LogP contribution in [0.25, 0.3) is 5.76 Å². The minimum absolute atomic E-state index is 0.00387. The topological polar surface area (TPSA) is 104 Å². The van der Waals surface area contributed by atoms with Crippen molar-refractivity contribution in [2.45, 2.75) is 26.2 Å². The Morgan fingerprint density at radius 2 is 2.21 bits per heavy atom. The predicted molar refractivity (Wildman–Crippen MR) is 87.7 cm³/mol. The average molecular weight is 339 g/mol. The number of nitrogens with zero attached hydrogens (tertiary/aromatic N) is 3.